The van der Waals surface area contributed by atoms with Gasteiger partial charge in [0.2, 0.25) is 5.91 Å². The topological polar surface area (TPSA) is 130 Å². The van der Waals surface area contributed by atoms with Gasteiger partial charge in [-0.2, -0.15) is 0 Å². The molecule has 3 N–H and O–H groups in total. The van der Waals surface area contributed by atoms with Crippen molar-refractivity contribution in [2.75, 3.05) is 5.32 Å². The average molecular weight is 385 g/mol. The van der Waals surface area contributed by atoms with Crippen LogP contribution in [0.2, 0.25) is 0 Å². The summed E-state index contributed by atoms with van der Waals surface area (Å²) in [5.41, 5.74) is 0.0989. The molecule has 0 aliphatic carbocycles. The first-order valence-corrected chi connectivity index (χ1v) is 8.46. The van der Waals surface area contributed by atoms with Gasteiger partial charge in [-0.1, -0.05) is 12.1 Å². The smallest absolute Gasteiger partial charge is 0.478 e. The minimum Gasteiger partial charge on any atom is -0.478 e. The van der Waals surface area contributed by atoms with Crippen LogP contribution >= 0.6 is 0 Å². The fourth-order valence-electron chi connectivity index (χ4n) is 2.03. The van der Waals surface area contributed by atoms with E-state index in [1.165, 1.54) is 48.5 Å². The third kappa shape index (κ3) is 5.40. The van der Waals surface area contributed by atoms with Crippen LogP contribution in [-0.2, 0) is 14.8 Å². The van der Waals surface area contributed by atoms with Crippen LogP contribution in [0.1, 0.15) is 27.6 Å². The van der Waals surface area contributed by atoms with Gasteiger partial charge in [0, 0.05) is 12.6 Å². The molecule has 0 aliphatic heterocycles. The van der Waals surface area contributed by atoms with Gasteiger partial charge in [-0.15, -0.1) is 0 Å². The SMILES string of the molecule is CC(=O)NS(=O)(=O)c1ccc(NC(=O)c2ccccc2C(=O)O)cc1.[Na+]. The summed E-state index contributed by atoms with van der Waals surface area (Å²) in [4.78, 5) is 34.1. The Morgan fingerprint density at radius 3 is 1.96 bits per heavy atom. The molecule has 0 saturated carbocycles. The summed E-state index contributed by atoms with van der Waals surface area (Å²) in [7, 11) is -3.96. The Labute approximate surface area is 172 Å². The molecule has 10 heteroatoms. The maximum atomic E-state index is 12.2. The molecular formula is C16H14N2NaO6S+. The van der Waals surface area contributed by atoms with Gasteiger partial charge in [0.1, 0.15) is 0 Å². The quantitative estimate of drug-likeness (QED) is 0.535. The predicted molar refractivity (Wildman–Crippen MR) is 88.8 cm³/mol. The van der Waals surface area contributed by atoms with E-state index >= 15 is 0 Å². The first kappa shape index (κ1) is 21.8. The fraction of sp³-hybridized carbons (Fsp3) is 0.0625. The van der Waals surface area contributed by atoms with Crippen LogP contribution in [0.4, 0.5) is 5.69 Å². The molecule has 2 amide bonds. The normalized spacial score (nSPS) is 10.3. The average Bonchev–Trinajstić information content (AvgIpc) is 2.54. The van der Waals surface area contributed by atoms with E-state index in [4.69, 9.17) is 5.11 Å². The van der Waals surface area contributed by atoms with Crippen molar-refractivity contribution in [3.63, 3.8) is 0 Å². The summed E-state index contributed by atoms with van der Waals surface area (Å²) in [6, 6.07) is 10.8. The molecule has 2 rings (SSSR count). The van der Waals surface area contributed by atoms with Gasteiger partial charge < -0.3 is 10.4 Å². The second-order valence-corrected chi connectivity index (χ2v) is 6.67. The van der Waals surface area contributed by atoms with E-state index in [1.807, 2.05) is 4.72 Å². The van der Waals surface area contributed by atoms with Crippen molar-refractivity contribution in [1.82, 2.24) is 4.72 Å². The monoisotopic (exact) mass is 385 g/mol. The number of carbonyl (C=O) groups excluding carboxylic acids is 2. The molecule has 0 bridgehead atoms. The Hall–Kier alpha value is -2.20. The minimum atomic E-state index is -3.96. The summed E-state index contributed by atoms with van der Waals surface area (Å²) in [5, 5.41) is 11.6. The number of carbonyl (C=O) groups is 3. The van der Waals surface area contributed by atoms with E-state index < -0.39 is 27.8 Å². The van der Waals surface area contributed by atoms with Gasteiger partial charge in [0.05, 0.1) is 16.0 Å². The molecule has 0 unspecified atom stereocenters. The summed E-state index contributed by atoms with van der Waals surface area (Å²) in [6.07, 6.45) is 0. The molecule has 2 aromatic rings. The standard InChI is InChI=1S/C16H14N2O6S.Na/c1-10(19)18-25(23,24)12-8-6-11(7-9-12)17-15(20)13-4-2-3-5-14(13)16(21)22;/h2-9H,1H3,(H,17,20)(H,18,19)(H,21,22);/q;+1. The summed E-state index contributed by atoms with van der Waals surface area (Å²) < 4.78 is 25.5. The molecule has 0 radical (unpaired) electrons. The molecule has 26 heavy (non-hydrogen) atoms. The maximum Gasteiger partial charge on any atom is 1.00 e. The van der Waals surface area contributed by atoms with Crippen LogP contribution in [0.15, 0.2) is 53.4 Å². The van der Waals surface area contributed by atoms with Crippen LogP contribution < -0.4 is 39.6 Å². The van der Waals surface area contributed by atoms with Gasteiger partial charge in [-0.3, -0.25) is 9.59 Å². The summed E-state index contributed by atoms with van der Waals surface area (Å²) in [6.45, 7) is 1.08. The van der Waals surface area contributed by atoms with Crippen molar-refractivity contribution < 1.29 is 57.5 Å². The number of amides is 2. The first-order chi connectivity index (χ1) is 11.7. The van der Waals surface area contributed by atoms with Crippen molar-refractivity contribution in [3.05, 3.63) is 59.7 Å². The van der Waals surface area contributed by atoms with E-state index in [-0.39, 0.29) is 51.3 Å². The van der Waals surface area contributed by atoms with Gasteiger partial charge in [-0.05, 0) is 36.4 Å². The van der Waals surface area contributed by atoms with Gasteiger partial charge in [-0.25, -0.2) is 17.9 Å². The van der Waals surface area contributed by atoms with Gasteiger partial charge >= 0.3 is 35.5 Å². The van der Waals surface area contributed by atoms with Crippen molar-refractivity contribution in [2.24, 2.45) is 0 Å². The molecule has 0 fully saturated rings. The van der Waals surface area contributed by atoms with Crippen LogP contribution in [0.25, 0.3) is 0 Å². The Morgan fingerprint density at radius 2 is 1.46 bits per heavy atom. The van der Waals surface area contributed by atoms with Crippen LogP contribution in [0.3, 0.4) is 0 Å². The van der Waals surface area contributed by atoms with Crippen molar-refractivity contribution in [2.45, 2.75) is 11.8 Å². The molecule has 2 aromatic carbocycles. The number of nitrogens with one attached hydrogen (secondary N) is 2. The molecule has 0 aliphatic rings. The molecule has 0 saturated heterocycles. The second-order valence-electron chi connectivity index (χ2n) is 4.99. The van der Waals surface area contributed by atoms with Gasteiger partial charge in [0.25, 0.3) is 15.9 Å². The van der Waals surface area contributed by atoms with Crippen molar-refractivity contribution in [3.8, 4) is 0 Å². The number of rotatable bonds is 5. The molecule has 0 aromatic heterocycles. The number of anilines is 1. The van der Waals surface area contributed by atoms with Crippen LogP contribution in [-0.4, -0.2) is 31.3 Å². The second kappa shape index (κ2) is 8.95. The van der Waals surface area contributed by atoms with Crippen LogP contribution in [0, 0.1) is 0 Å². The predicted octanol–water partition coefficient (Wildman–Crippen LogP) is -1.53. The number of sulfonamides is 1. The molecule has 8 nitrogen and oxygen atoms in total. The minimum absolute atomic E-state index is 0. The molecule has 0 atom stereocenters. The zero-order valence-electron chi connectivity index (χ0n) is 14.0. The maximum absolute atomic E-state index is 12.2. The van der Waals surface area contributed by atoms with E-state index in [1.54, 1.807) is 0 Å². The Balaban J connectivity index is 0.00000338. The Morgan fingerprint density at radius 1 is 0.923 bits per heavy atom. The fourth-order valence-corrected chi connectivity index (χ4v) is 3.02. The third-order valence-corrected chi connectivity index (χ3v) is 4.55. The first-order valence-electron chi connectivity index (χ1n) is 6.98. The molecule has 130 valence electrons. The number of aromatic carboxylic acids is 1. The van der Waals surface area contributed by atoms with Crippen molar-refractivity contribution >= 4 is 33.5 Å². The third-order valence-electron chi connectivity index (χ3n) is 3.10. The zero-order valence-corrected chi connectivity index (χ0v) is 16.8. The number of hydrogen-bond acceptors (Lipinski definition) is 5. The van der Waals surface area contributed by atoms with E-state index in [0.717, 1.165) is 6.92 Å². The van der Waals surface area contributed by atoms with Crippen LogP contribution in [0.5, 0.6) is 0 Å². The molecule has 0 heterocycles. The van der Waals surface area contributed by atoms with E-state index in [0.29, 0.717) is 0 Å². The number of carboxylic acid groups (broad SMARTS) is 1. The molecular weight excluding hydrogens is 371 g/mol. The van der Waals surface area contributed by atoms with E-state index in [2.05, 4.69) is 5.32 Å². The van der Waals surface area contributed by atoms with Gasteiger partial charge in [0.15, 0.2) is 0 Å². The number of carboxylic acids is 1. The Kier molecular flexibility index (Phi) is 7.52. The van der Waals surface area contributed by atoms with Crippen molar-refractivity contribution in [1.29, 1.82) is 0 Å². The molecule has 0 spiro atoms. The number of hydrogen-bond donors (Lipinski definition) is 3. The largest absolute Gasteiger partial charge is 1.00 e. The van der Waals surface area contributed by atoms with E-state index in [9.17, 15) is 22.8 Å². The summed E-state index contributed by atoms with van der Waals surface area (Å²) in [5.74, 6) is -2.60. The number of benzene rings is 2. The summed E-state index contributed by atoms with van der Waals surface area (Å²) >= 11 is 0. The Bertz CT molecular complexity index is 941. The zero-order chi connectivity index (χ0) is 18.6.